The van der Waals surface area contributed by atoms with Gasteiger partial charge in [0.15, 0.2) is 0 Å². The van der Waals surface area contributed by atoms with Crippen LogP contribution in [0.5, 0.6) is 5.75 Å². The third-order valence-corrected chi connectivity index (χ3v) is 5.47. The Morgan fingerprint density at radius 1 is 1.17 bits per heavy atom. The molecule has 1 N–H and O–H groups in total. The number of anilines is 2. The van der Waals surface area contributed by atoms with E-state index >= 15 is 0 Å². The van der Waals surface area contributed by atoms with E-state index in [0.717, 1.165) is 29.8 Å². The van der Waals surface area contributed by atoms with Crippen LogP contribution in [0.2, 0.25) is 0 Å². The molecule has 3 rings (SSSR count). The summed E-state index contributed by atoms with van der Waals surface area (Å²) in [5.41, 5.74) is 3.74. The van der Waals surface area contributed by atoms with Crippen molar-refractivity contribution in [1.82, 2.24) is 0 Å². The van der Waals surface area contributed by atoms with Crippen molar-refractivity contribution in [3.8, 4) is 5.75 Å². The van der Waals surface area contributed by atoms with Gasteiger partial charge in [0.2, 0.25) is 0 Å². The van der Waals surface area contributed by atoms with E-state index in [4.69, 9.17) is 4.74 Å². The van der Waals surface area contributed by atoms with Gasteiger partial charge < -0.3 is 9.64 Å². The summed E-state index contributed by atoms with van der Waals surface area (Å²) in [4.78, 5) is 2.31. The van der Waals surface area contributed by atoms with Crippen LogP contribution in [0.25, 0.3) is 0 Å². The second-order valence-electron chi connectivity index (χ2n) is 5.77. The molecule has 0 atom stereocenters. The van der Waals surface area contributed by atoms with E-state index in [-0.39, 0.29) is 4.90 Å². The molecule has 0 fully saturated rings. The second-order valence-corrected chi connectivity index (χ2v) is 7.43. The predicted molar refractivity (Wildman–Crippen MR) is 92.0 cm³/mol. The fourth-order valence-corrected chi connectivity index (χ4v) is 4.14. The lowest BCUT2D eigenvalue weighted by molar-refractivity contribution is 0.402. The molecule has 122 valence electrons. The normalized spacial score (nSPS) is 13.8. The molecule has 0 radical (unpaired) electrons. The number of benzene rings is 2. The van der Waals surface area contributed by atoms with Gasteiger partial charge in [0.25, 0.3) is 10.0 Å². The minimum absolute atomic E-state index is 0.151. The maximum atomic E-state index is 12.7. The number of sulfonamides is 1. The molecule has 0 aromatic heterocycles. The first-order valence-corrected chi connectivity index (χ1v) is 8.90. The van der Waals surface area contributed by atoms with Gasteiger partial charge in [-0.1, -0.05) is 6.07 Å². The average molecular weight is 332 g/mol. The molecule has 1 aliphatic heterocycles. The quantitative estimate of drug-likeness (QED) is 0.935. The van der Waals surface area contributed by atoms with Gasteiger partial charge in [-0.2, -0.15) is 0 Å². The molecule has 1 heterocycles. The highest BCUT2D eigenvalue weighted by Crippen LogP contribution is 2.31. The molecule has 0 saturated heterocycles. The van der Waals surface area contributed by atoms with Crippen LogP contribution in [0.15, 0.2) is 41.3 Å². The molecule has 0 spiro atoms. The summed E-state index contributed by atoms with van der Waals surface area (Å²) in [6.07, 6.45) is 0.926. The molecule has 0 unspecified atom stereocenters. The van der Waals surface area contributed by atoms with E-state index in [2.05, 4.69) is 9.62 Å². The van der Waals surface area contributed by atoms with Crippen LogP contribution in [0, 0.1) is 6.92 Å². The number of likely N-dealkylation sites (N-methyl/N-ethyl adjacent to an activating group) is 1. The first-order valence-electron chi connectivity index (χ1n) is 7.42. The number of ether oxygens (including phenoxy) is 1. The first kappa shape index (κ1) is 15.7. The number of aryl methyl sites for hydroxylation is 1. The van der Waals surface area contributed by atoms with Crippen molar-refractivity contribution >= 4 is 21.4 Å². The van der Waals surface area contributed by atoms with Crippen LogP contribution in [-0.2, 0) is 16.4 Å². The number of rotatable bonds is 4. The zero-order valence-corrected chi connectivity index (χ0v) is 14.3. The van der Waals surface area contributed by atoms with Gasteiger partial charge in [0, 0.05) is 25.0 Å². The summed E-state index contributed by atoms with van der Waals surface area (Å²) in [6.45, 7) is 2.81. The van der Waals surface area contributed by atoms with E-state index < -0.39 is 10.0 Å². The average Bonchev–Trinajstić information content (AvgIpc) is 2.87. The second kappa shape index (κ2) is 5.77. The number of hydrogen-bond acceptors (Lipinski definition) is 4. The smallest absolute Gasteiger partial charge is 0.265 e. The van der Waals surface area contributed by atoms with Crippen molar-refractivity contribution in [3.05, 3.63) is 47.5 Å². The number of methoxy groups -OCH3 is 1. The monoisotopic (exact) mass is 332 g/mol. The van der Waals surface area contributed by atoms with Crippen molar-refractivity contribution < 1.29 is 13.2 Å². The highest BCUT2D eigenvalue weighted by atomic mass is 32.2. The standard InChI is InChI=1S/C17H20N2O3S/c1-12-4-7-16(22-3)17(10-12)23(20,21)18-14-5-6-15-13(11-14)8-9-19(15)2/h4-7,10-11,18H,8-9H2,1-3H3. The molecule has 0 saturated carbocycles. The molecule has 0 bridgehead atoms. The molecule has 6 heteroatoms. The van der Waals surface area contributed by atoms with Gasteiger partial charge >= 0.3 is 0 Å². The first-order chi connectivity index (χ1) is 10.9. The summed E-state index contributed by atoms with van der Waals surface area (Å²) in [7, 11) is -0.196. The Bertz CT molecular complexity index is 847. The summed E-state index contributed by atoms with van der Waals surface area (Å²) in [5.74, 6) is 0.337. The molecule has 1 aliphatic rings. The molecule has 0 amide bonds. The van der Waals surface area contributed by atoms with Crippen molar-refractivity contribution in [2.75, 3.05) is 30.3 Å². The van der Waals surface area contributed by atoms with Gasteiger partial charge in [0.1, 0.15) is 10.6 Å². The maximum absolute atomic E-state index is 12.7. The Morgan fingerprint density at radius 2 is 1.96 bits per heavy atom. The van der Waals surface area contributed by atoms with E-state index in [1.54, 1.807) is 18.2 Å². The van der Waals surface area contributed by atoms with Gasteiger partial charge in [-0.25, -0.2) is 8.42 Å². The minimum Gasteiger partial charge on any atom is -0.495 e. The van der Waals surface area contributed by atoms with Crippen LogP contribution in [0.4, 0.5) is 11.4 Å². The van der Waals surface area contributed by atoms with Gasteiger partial charge in [-0.15, -0.1) is 0 Å². The van der Waals surface area contributed by atoms with Crippen LogP contribution >= 0.6 is 0 Å². The predicted octanol–water partition coefficient (Wildman–Crippen LogP) is 2.80. The molecule has 5 nitrogen and oxygen atoms in total. The number of hydrogen-bond donors (Lipinski definition) is 1. The fourth-order valence-electron chi connectivity index (χ4n) is 2.83. The van der Waals surface area contributed by atoms with Crippen LogP contribution in [-0.4, -0.2) is 29.1 Å². The maximum Gasteiger partial charge on any atom is 0.265 e. The zero-order valence-electron chi connectivity index (χ0n) is 13.5. The summed E-state index contributed by atoms with van der Waals surface area (Å²) >= 11 is 0. The Labute approximate surface area is 136 Å². The molecular weight excluding hydrogens is 312 g/mol. The molecule has 2 aromatic rings. The topological polar surface area (TPSA) is 58.6 Å². The van der Waals surface area contributed by atoms with Crippen LogP contribution in [0.1, 0.15) is 11.1 Å². The van der Waals surface area contributed by atoms with Crippen molar-refractivity contribution in [1.29, 1.82) is 0 Å². The molecule has 0 aliphatic carbocycles. The van der Waals surface area contributed by atoms with Gasteiger partial charge in [0.05, 0.1) is 7.11 Å². The van der Waals surface area contributed by atoms with E-state index in [1.165, 1.54) is 7.11 Å². The lowest BCUT2D eigenvalue weighted by Crippen LogP contribution is -2.14. The highest BCUT2D eigenvalue weighted by Gasteiger charge is 2.21. The Balaban J connectivity index is 1.95. The molecular formula is C17H20N2O3S. The molecule has 2 aromatic carbocycles. The number of fused-ring (bicyclic) bond motifs is 1. The lowest BCUT2D eigenvalue weighted by Gasteiger charge is -2.14. The lowest BCUT2D eigenvalue weighted by atomic mass is 10.1. The Morgan fingerprint density at radius 3 is 2.70 bits per heavy atom. The van der Waals surface area contributed by atoms with Gasteiger partial charge in [-0.05, 0) is 54.8 Å². The third-order valence-electron chi connectivity index (χ3n) is 4.07. The Kier molecular flexibility index (Phi) is 3.93. The van der Waals surface area contributed by atoms with E-state index in [1.807, 2.05) is 32.2 Å². The summed E-state index contributed by atoms with van der Waals surface area (Å²) < 4.78 is 33.2. The Hall–Kier alpha value is -2.21. The number of nitrogens with zero attached hydrogens (tertiary/aromatic N) is 1. The van der Waals surface area contributed by atoms with Crippen molar-refractivity contribution in [2.45, 2.75) is 18.2 Å². The van der Waals surface area contributed by atoms with Crippen molar-refractivity contribution in [3.63, 3.8) is 0 Å². The zero-order chi connectivity index (χ0) is 16.6. The number of nitrogens with one attached hydrogen (secondary N) is 1. The van der Waals surface area contributed by atoms with Crippen molar-refractivity contribution in [2.24, 2.45) is 0 Å². The SMILES string of the molecule is COc1ccc(C)cc1S(=O)(=O)Nc1ccc2c(c1)CCN2C. The highest BCUT2D eigenvalue weighted by molar-refractivity contribution is 7.92. The van der Waals surface area contributed by atoms with E-state index in [9.17, 15) is 8.42 Å². The van der Waals surface area contributed by atoms with E-state index in [0.29, 0.717) is 11.4 Å². The third kappa shape index (κ3) is 2.99. The van der Waals surface area contributed by atoms with Gasteiger partial charge in [-0.3, -0.25) is 4.72 Å². The van der Waals surface area contributed by atoms with Crippen LogP contribution < -0.4 is 14.4 Å². The largest absolute Gasteiger partial charge is 0.495 e. The van der Waals surface area contributed by atoms with Crippen LogP contribution in [0.3, 0.4) is 0 Å². The minimum atomic E-state index is -3.70. The summed E-state index contributed by atoms with van der Waals surface area (Å²) in [5, 5.41) is 0. The summed E-state index contributed by atoms with van der Waals surface area (Å²) in [6, 6.07) is 10.7. The fraction of sp³-hybridized carbons (Fsp3) is 0.294. The molecule has 23 heavy (non-hydrogen) atoms.